The van der Waals surface area contributed by atoms with Gasteiger partial charge in [0.1, 0.15) is 12.7 Å². The minimum absolute atomic E-state index is 0.102. The van der Waals surface area contributed by atoms with Crippen LogP contribution in [-0.2, 0) is 0 Å². The Balaban J connectivity index is 1.55. The summed E-state index contributed by atoms with van der Waals surface area (Å²) in [6, 6.07) is 8.17. The number of hydrogen-bond donors (Lipinski definition) is 0. The predicted molar refractivity (Wildman–Crippen MR) is 91.1 cm³/mol. The van der Waals surface area contributed by atoms with E-state index in [0.29, 0.717) is 11.6 Å². The number of rotatable bonds is 3. The van der Waals surface area contributed by atoms with Gasteiger partial charge in [0, 0.05) is 19.1 Å². The van der Waals surface area contributed by atoms with Crippen molar-refractivity contribution in [3.8, 4) is 5.69 Å². The van der Waals surface area contributed by atoms with Gasteiger partial charge in [-0.1, -0.05) is 12.1 Å². The third-order valence-corrected chi connectivity index (χ3v) is 5.14. The molecule has 1 atom stereocenters. The van der Waals surface area contributed by atoms with Gasteiger partial charge in [0.25, 0.3) is 5.91 Å². The Bertz CT molecular complexity index is 693. The largest absolute Gasteiger partial charge is 0.337 e. The molecule has 0 N–H and O–H groups in total. The van der Waals surface area contributed by atoms with Gasteiger partial charge in [0.15, 0.2) is 0 Å². The highest BCUT2D eigenvalue weighted by Gasteiger charge is 2.30. The van der Waals surface area contributed by atoms with Crippen molar-refractivity contribution in [1.29, 1.82) is 0 Å². The molecule has 1 amide bonds. The molecule has 2 aromatic rings. The van der Waals surface area contributed by atoms with Gasteiger partial charge in [-0.2, -0.15) is 5.10 Å². The lowest BCUT2D eigenvalue weighted by Crippen LogP contribution is -2.49. The highest BCUT2D eigenvalue weighted by atomic mass is 16.2. The van der Waals surface area contributed by atoms with Crippen LogP contribution in [0.4, 0.5) is 0 Å². The smallest absolute Gasteiger partial charge is 0.256 e. The van der Waals surface area contributed by atoms with Crippen molar-refractivity contribution in [1.82, 2.24) is 24.6 Å². The third kappa shape index (κ3) is 2.94. The predicted octanol–water partition coefficient (Wildman–Crippen LogP) is 1.97. The fraction of sp³-hybridized carbons (Fsp3) is 0.500. The standard InChI is InChI=1S/C18H23N5O/c24-18(16-7-1-2-8-17(16)23-14-19-13-20-23)22-11-5-6-15(12-22)21-9-3-4-10-21/h1-2,7-8,13-15H,3-6,9-12H2/t15-/m0/s1. The number of nitrogens with zero attached hydrogens (tertiary/aromatic N) is 5. The molecule has 0 unspecified atom stereocenters. The quantitative estimate of drug-likeness (QED) is 0.866. The number of likely N-dealkylation sites (tertiary alicyclic amines) is 2. The van der Waals surface area contributed by atoms with Crippen LogP contribution in [0.5, 0.6) is 0 Å². The molecule has 0 radical (unpaired) electrons. The zero-order chi connectivity index (χ0) is 16.4. The maximum Gasteiger partial charge on any atom is 0.256 e. The van der Waals surface area contributed by atoms with Crippen molar-refractivity contribution >= 4 is 5.91 Å². The normalized spacial score (nSPS) is 22.0. The van der Waals surface area contributed by atoms with Gasteiger partial charge in [-0.15, -0.1) is 0 Å². The van der Waals surface area contributed by atoms with E-state index >= 15 is 0 Å². The van der Waals surface area contributed by atoms with E-state index in [2.05, 4.69) is 15.0 Å². The molecule has 2 aliphatic heterocycles. The summed E-state index contributed by atoms with van der Waals surface area (Å²) in [5, 5.41) is 4.18. The molecule has 0 bridgehead atoms. The molecule has 1 aromatic heterocycles. The number of benzene rings is 1. The van der Waals surface area contributed by atoms with E-state index in [1.165, 1.54) is 38.7 Å². The maximum atomic E-state index is 13.1. The summed E-state index contributed by atoms with van der Waals surface area (Å²) in [5.74, 6) is 0.102. The van der Waals surface area contributed by atoms with E-state index in [4.69, 9.17) is 0 Å². The molecule has 6 heteroatoms. The first-order valence-corrected chi connectivity index (χ1v) is 8.80. The molecule has 126 valence electrons. The summed E-state index contributed by atoms with van der Waals surface area (Å²) in [6.07, 6.45) is 7.99. The van der Waals surface area contributed by atoms with Crippen LogP contribution in [0.2, 0.25) is 0 Å². The Labute approximate surface area is 142 Å². The van der Waals surface area contributed by atoms with Crippen LogP contribution < -0.4 is 0 Å². The second kappa shape index (κ2) is 6.73. The topological polar surface area (TPSA) is 54.3 Å². The minimum Gasteiger partial charge on any atom is -0.337 e. The molecule has 2 aliphatic rings. The zero-order valence-electron chi connectivity index (χ0n) is 13.8. The Morgan fingerprint density at radius 1 is 1.08 bits per heavy atom. The number of carbonyl (C=O) groups excluding carboxylic acids is 1. The summed E-state index contributed by atoms with van der Waals surface area (Å²) in [5.41, 5.74) is 1.49. The van der Waals surface area contributed by atoms with Crippen molar-refractivity contribution in [3.63, 3.8) is 0 Å². The van der Waals surface area contributed by atoms with Gasteiger partial charge in [-0.25, -0.2) is 9.67 Å². The van der Waals surface area contributed by atoms with Gasteiger partial charge in [0.05, 0.1) is 11.3 Å². The van der Waals surface area contributed by atoms with Crippen molar-refractivity contribution in [3.05, 3.63) is 42.5 Å². The molecule has 24 heavy (non-hydrogen) atoms. The second-order valence-corrected chi connectivity index (χ2v) is 6.65. The first-order chi connectivity index (χ1) is 11.8. The number of amides is 1. The zero-order valence-corrected chi connectivity index (χ0v) is 13.8. The number of carbonyl (C=O) groups is 1. The Kier molecular flexibility index (Phi) is 4.30. The van der Waals surface area contributed by atoms with Gasteiger partial charge in [-0.05, 0) is 50.9 Å². The van der Waals surface area contributed by atoms with Crippen LogP contribution in [-0.4, -0.2) is 62.7 Å². The molecular formula is C18H23N5O. The molecule has 6 nitrogen and oxygen atoms in total. The third-order valence-electron chi connectivity index (χ3n) is 5.14. The Hall–Kier alpha value is -2.21. The first kappa shape index (κ1) is 15.3. The number of aromatic nitrogens is 3. The molecule has 2 fully saturated rings. The fourth-order valence-electron chi connectivity index (χ4n) is 3.90. The average Bonchev–Trinajstić information content (AvgIpc) is 3.35. The molecule has 0 aliphatic carbocycles. The highest BCUT2D eigenvalue weighted by Crippen LogP contribution is 2.23. The molecule has 0 spiro atoms. The SMILES string of the molecule is O=C(c1ccccc1-n1cncn1)N1CCC[C@H](N2CCCC2)C1. The minimum atomic E-state index is 0.102. The van der Waals surface area contributed by atoms with E-state index in [9.17, 15) is 4.79 Å². The van der Waals surface area contributed by atoms with Crippen molar-refractivity contribution in [2.75, 3.05) is 26.2 Å². The maximum absolute atomic E-state index is 13.1. The molecule has 3 heterocycles. The molecular weight excluding hydrogens is 302 g/mol. The van der Waals surface area contributed by atoms with E-state index in [0.717, 1.165) is 25.2 Å². The van der Waals surface area contributed by atoms with Gasteiger partial charge >= 0.3 is 0 Å². The molecule has 2 saturated heterocycles. The van der Waals surface area contributed by atoms with Crippen molar-refractivity contribution < 1.29 is 4.79 Å². The summed E-state index contributed by atoms with van der Waals surface area (Å²) in [4.78, 5) is 21.7. The number of para-hydroxylation sites is 1. The van der Waals surface area contributed by atoms with E-state index in [-0.39, 0.29) is 5.91 Å². The number of piperidine rings is 1. The fourth-order valence-corrected chi connectivity index (χ4v) is 3.90. The molecule has 4 rings (SSSR count). The lowest BCUT2D eigenvalue weighted by molar-refractivity contribution is 0.0608. The van der Waals surface area contributed by atoms with Crippen LogP contribution >= 0.6 is 0 Å². The molecule has 1 aromatic carbocycles. The van der Waals surface area contributed by atoms with Crippen LogP contribution in [0, 0.1) is 0 Å². The Morgan fingerprint density at radius 2 is 1.92 bits per heavy atom. The van der Waals surface area contributed by atoms with E-state index < -0.39 is 0 Å². The summed E-state index contributed by atoms with van der Waals surface area (Å²) < 4.78 is 1.66. The first-order valence-electron chi connectivity index (χ1n) is 8.80. The number of hydrogen-bond acceptors (Lipinski definition) is 4. The average molecular weight is 325 g/mol. The van der Waals surface area contributed by atoms with Crippen LogP contribution in [0.25, 0.3) is 5.69 Å². The van der Waals surface area contributed by atoms with Crippen LogP contribution in [0.1, 0.15) is 36.0 Å². The van der Waals surface area contributed by atoms with Crippen LogP contribution in [0.15, 0.2) is 36.9 Å². The monoisotopic (exact) mass is 325 g/mol. The van der Waals surface area contributed by atoms with Gasteiger partial charge < -0.3 is 4.90 Å². The highest BCUT2D eigenvalue weighted by molar-refractivity contribution is 5.97. The molecule has 0 saturated carbocycles. The van der Waals surface area contributed by atoms with E-state index in [1.54, 1.807) is 11.0 Å². The summed E-state index contributed by atoms with van der Waals surface area (Å²) in [7, 11) is 0. The lowest BCUT2D eigenvalue weighted by Gasteiger charge is -2.37. The van der Waals surface area contributed by atoms with Crippen LogP contribution in [0.3, 0.4) is 0 Å². The van der Waals surface area contributed by atoms with Crippen molar-refractivity contribution in [2.24, 2.45) is 0 Å². The van der Waals surface area contributed by atoms with Gasteiger partial charge in [0.2, 0.25) is 0 Å². The summed E-state index contributed by atoms with van der Waals surface area (Å²) in [6.45, 7) is 4.05. The van der Waals surface area contributed by atoms with Gasteiger partial charge in [-0.3, -0.25) is 9.69 Å². The summed E-state index contributed by atoms with van der Waals surface area (Å²) >= 11 is 0. The van der Waals surface area contributed by atoms with E-state index in [1.807, 2.05) is 29.2 Å². The lowest BCUT2D eigenvalue weighted by atomic mass is 10.0. The second-order valence-electron chi connectivity index (χ2n) is 6.65. The Morgan fingerprint density at radius 3 is 2.71 bits per heavy atom. The van der Waals surface area contributed by atoms with Crippen molar-refractivity contribution in [2.45, 2.75) is 31.7 Å².